The minimum atomic E-state index is -4.49. The van der Waals surface area contributed by atoms with Gasteiger partial charge in [-0.05, 0) is 6.92 Å². The largest absolute Gasteiger partial charge is 0.365 e. The fourth-order valence-corrected chi connectivity index (χ4v) is 0.533. The zero-order valence-corrected chi connectivity index (χ0v) is 5.96. The van der Waals surface area contributed by atoms with Gasteiger partial charge in [0.15, 0.2) is 0 Å². The van der Waals surface area contributed by atoms with Crippen LogP contribution < -0.4 is 0 Å². The summed E-state index contributed by atoms with van der Waals surface area (Å²) in [6, 6.07) is 0. The molecule has 0 aliphatic carbocycles. The first-order valence-electron chi connectivity index (χ1n) is 2.84. The molecule has 0 atom stereocenters. The summed E-state index contributed by atoms with van der Waals surface area (Å²) >= 11 is 0. The van der Waals surface area contributed by atoms with Gasteiger partial charge in [0.1, 0.15) is 6.42 Å². The summed E-state index contributed by atoms with van der Waals surface area (Å²) in [6.45, 7) is -3.57. The van der Waals surface area contributed by atoms with Crippen LogP contribution in [0.25, 0.3) is 0 Å². The van der Waals surface area contributed by atoms with Crippen molar-refractivity contribution in [2.24, 2.45) is 0 Å². The second-order valence-electron chi connectivity index (χ2n) is 2.26. The van der Waals surface area contributed by atoms with Crippen molar-refractivity contribution in [3.8, 4) is 0 Å². The minimum Gasteiger partial charge on any atom is -0.258 e. The molecule has 0 bridgehead atoms. The molecule has 0 aromatic heterocycles. The molecule has 0 aromatic carbocycles. The Kier molecular flexibility index (Phi) is 3.37. The van der Waals surface area contributed by atoms with E-state index in [-0.39, 0.29) is 6.92 Å². The number of ether oxygens (including phenoxy) is 1. The van der Waals surface area contributed by atoms with Gasteiger partial charge in [-0.1, -0.05) is 0 Å². The molecule has 7 heteroatoms. The van der Waals surface area contributed by atoms with Crippen LogP contribution in [0.4, 0.5) is 26.3 Å². The summed E-state index contributed by atoms with van der Waals surface area (Å²) in [5.41, 5.74) is 0. The van der Waals surface area contributed by atoms with E-state index >= 15 is 0 Å². The third-order valence-corrected chi connectivity index (χ3v) is 0.778. The Bertz CT molecular complexity index is 139. The average molecular weight is 196 g/mol. The topological polar surface area (TPSA) is 9.23 Å². The minimum absolute atomic E-state index is 0.190. The first kappa shape index (κ1) is 11.5. The predicted molar refractivity (Wildman–Crippen MR) is 27.3 cm³/mol. The molecule has 0 aliphatic heterocycles. The molecule has 0 heterocycles. The van der Waals surface area contributed by atoms with Crippen molar-refractivity contribution < 1.29 is 31.1 Å². The maximum atomic E-state index is 12.0. The number of hydrogen-bond donors (Lipinski definition) is 0. The van der Waals surface area contributed by atoms with Gasteiger partial charge in [0.2, 0.25) is 0 Å². The van der Waals surface area contributed by atoms with Gasteiger partial charge in [-0.3, -0.25) is 4.74 Å². The van der Waals surface area contributed by atoms with Crippen molar-refractivity contribution in [1.29, 1.82) is 0 Å². The molecule has 0 rings (SSSR count). The van der Waals surface area contributed by atoms with Crippen molar-refractivity contribution in [2.45, 2.75) is 32.0 Å². The first-order valence-corrected chi connectivity index (χ1v) is 2.84. The fraction of sp³-hybridized carbons (Fsp3) is 1.00. The van der Waals surface area contributed by atoms with E-state index in [1.807, 2.05) is 0 Å². The summed E-state index contributed by atoms with van der Waals surface area (Å²) in [5.74, 6) is -3.74. The van der Waals surface area contributed by atoms with Crippen molar-refractivity contribution >= 4 is 0 Å². The first-order chi connectivity index (χ1) is 5.12. The second-order valence-corrected chi connectivity index (χ2v) is 2.26. The molecule has 0 unspecified atom stereocenters. The lowest BCUT2D eigenvalue weighted by Gasteiger charge is -2.19. The number of alkyl halides is 6. The van der Waals surface area contributed by atoms with Gasteiger partial charge in [0.25, 0.3) is 5.92 Å². The zero-order chi connectivity index (χ0) is 9.99. The normalized spacial score (nSPS) is 14.0. The Morgan fingerprint density at radius 2 is 1.58 bits per heavy atom. The third-order valence-electron chi connectivity index (χ3n) is 0.778. The van der Waals surface area contributed by atoms with Crippen molar-refractivity contribution in [3.05, 3.63) is 0 Å². The van der Waals surface area contributed by atoms with E-state index in [1.54, 1.807) is 0 Å². The van der Waals surface area contributed by atoms with E-state index in [0.717, 1.165) is 0 Å². The highest BCUT2D eigenvalue weighted by Crippen LogP contribution is 2.32. The lowest BCUT2D eigenvalue weighted by Crippen LogP contribution is -2.31. The molecule has 1 nitrogen and oxygen atoms in total. The summed E-state index contributed by atoms with van der Waals surface area (Å²) in [5, 5.41) is 0. The van der Waals surface area contributed by atoms with E-state index in [9.17, 15) is 26.3 Å². The lowest BCUT2D eigenvalue weighted by atomic mass is 10.2. The number of halogens is 6. The SMILES string of the molecule is CC(F)(F)CC(F)(F)OC(F)F. The van der Waals surface area contributed by atoms with Crippen LogP contribution in [0.1, 0.15) is 13.3 Å². The Morgan fingerprint density at radius 1 is 1.17 bits per heavy atom. The number of rotatable bonds is 4. The molecule has 12 heavy (non-hydrogen) atoms. The molecule has 0 amide bonds. The highest BCUT2D eigenvalue weighted by Gasteiger charge is 2.43. The molecule has 74 valence electrons. The maximum absolute atomic E-state index is 12.0. The van der Waals surface area contributed by atoms with Crippen LogP contribution in [0.3, 0.4) is 0 Å². The second kappa shape index (κ2) is 3.51. The molecule has 0 aromatic rings. The standard InChI is InChI=1S/C5H6F6O/c1-4(8,9)2-5(10,11)12-3(6)7/h3H,2H2,1H3. The Labute approximate surface area is 64.3 Å². The van der Waals surface area contributed by atoms with Gasteiger partial charge in [-0.25, -0.2) is 8.78 Å². The molecule has 0 spiro atoms. The van der Waals surface area contributed by atoms with Gasteiger partial charge in [0, 0.05) is 0 Å². The highest BCUT2D eigenvalue weighted by molar-refractivity contribution is 4.65. The van der Waals surface area contributed by atoms with Crippen molar-refractivity contribution in [1.82, 2.24) is 0 Å². The van der Waals surface area contributed by atoms with Crippen LogP contribution in [0, 0.1) is 0 Å². The van der Waals surface area contributed by atoms with Crippen LogP contribution in [0.2, 0.25) is 0 Å². The van der Waals surface area contributed by atoms with E-state index in [2.05, 4.69) is 4.74 Å². The molecular formula is C5H6F6O. The van der Waals surface area contributed by atoms with Crippen molar-refractivity contribution in [2.75, 3.05) is 0 Å². The third kappa shape index (κ3) is 6.26. The van der Waals surface area contributed by atoms with Gasteiger partial charge in [-0.2, -0.15) is 17.6 Å². The zero-order valence-electron chi connectivity index (χ0n) is 5.96. The Morgan fingerprint density at radius 3 is 1.83 bits per heavy atom. The lowest BCUT2D eigenvalue weighted by molar-refractivity contribution is -0.335. The monoisotopic (exact) mass is 196 g/mol. The molecule has 0 N–H and O–H groups in total. The highest BCUT2D eigenvalue weighted by atomic mass is 19.3. The molecular weight excluding hydrogens is 190 g/mol. The summed E-state index contributed by atoms with van der Waals surface area (Å²) in [7, 11) is 0. The Balaban J connectivity index is 4.04. The molecule has 0 saturated heterocycles. The maximum Gasteiger partial charge on any atom is 0.365 e. The quantitative estimate of drug-likeness (QED) is 0.628. The fourth-order valence-electron chi connectivity index (χ4n) is 0.533. The van der Waals surface area contributed by atoms with E-state index < -0.39 is 25.1 Å². The van der Waals surface area contributed by atoms with Crippen LogP contribution in [-0.4, -0.2) is 18.6 Å². The summed E-state index contributed by atoms with van der Waals surface area (Å²) in [6.07, 6.45) is -6.54. The van der Waals surface area contributed by atoms with Gasteiger partial charge >= 0.3 is 12.7 Å². The summed E-state index contributed by atoms with van der Waals surface area (Å²) < 4.78 is 72.7. The average Bonchev–Trinajstić information content (AvgIpc) is 1.48. The van der Waals surface area contributed by atoms with E-state index in [0.29, 0.717) is 0 Å². The van der Waals surface area contributed by atoms with Crippen LogP contribution in [0.5, 0.6) is 0 Å². The van der Waals surface area contributed by atoms with E-state index in [4.69, 9.17) is 0 Å². The smallest absolute Gasteiger partial charge is 0.258 e. The van der Waals surface area contributed by atoms with Crippen molar-refractivity contribution in [3.63, 3.8) is 0 Å². The van der Waals surface area contributed by atoms with Crippen LogP contribution in [-0.2, 0) is 4.74 Å². The van der Waals surface area contributed by atoms with Crippen LogP contribution >= 0.6 is 0 Å². The molecule has 0 aliphatic rings. The Hall–Kier alpha value is -0.460. The van der Waals surface area contributed by atoms with Gasteiger partial charge < -0.3 is 0 Å². The summed E-state index contributed by atoms with van der Waals surface area (Å²) in [4.78, 5) is 0. The van der Waals surface area contributed by atoms with E-state index in [1.165, 1.54) is 0 Å². The van der Waals surface area contributed by atoms with Gasteiger partial charge in [0.05, 0.1) is 0 Å². The number of hydrogen-bond acceptors (Lipinski definition) is 1. The molecule has 0 fully saturated rings. The van der Waals surface area contributed by atoms with Crippen LogP contribution in [0.15, 0.2) is 0 Å². The predicted octanol–water partition coefficient (Wildman–Crippen LogP) is 2.86. The molecule has 0 radical (unpaired) electrons. The van der Waals surface area contributed by atoms with Gasteiger partial charge in [-0.15, -0.1) is 0 Å². The molecule has 0 saturated carbocycles.